The summed E-state index contributed by atoms with van der Waals surface area (Å²) in [5.74, 6) is -1.52. The molecule has 1 fully saturated rings. The highest BCUT2D eigenvalue weighted by Gasteiger charge is 2.26. The van der Waals surface area contributed by atoms with Gasteiger partial charge in [0.05, 0.1) is 12.7 Å². The predicted octanol–water partition coefficient (Wildman–Crippen LogP) is 7.56. The molecule has 1 saturated carbocycles. The second-order valence-electron chi connectivity index (χ2n) is 8.92. The molecule has 0 N–H and O–H groups in total. The first-order valence-electron chi connectivity index (χ1n) is 12.1. The van der Waals surface area contributed by atoms with Gasteiger partial charge >= 0.3 is 0 Å². The summed E-state index contributed by atoms with van der Waals surface area (Å²) in [4.78, 5) is 0. The molecule has 0 heterocycles. The van der Waals surface area contributed by atoms with Gasteiger partial charge in [-0.05, 0) is 61.3 Å². The zero-order valence-corrected chi connectivity index (χ0v) is 20.2. The van der Waals surface area contributed by atoms with Crippen molar-refractivity contribution in [2.75, 3.05) is 13.7 Å². The van der Waals surface area contributed by atoms with Gasteiger partial charge in [-0.2, -0.15) is 0 Å². The van der Waals surface area contributed by atoms with E-state index in [1.807, 2.05) is 6.92 Å². The molecule has 35 heavy (non-hydrogen) atoms. The normalized spacial score (nSPS) is 18.0. The summed E-state index contributed by atoms with van der Waals surface area (Å²) in [5, 5.41) is 0. The third-order valence-corrected chi connectivity index (χ3v) is 6.72. The Morgan fingerprint density at radius 1 is 0.829 bits per heavy atom. The minimum Gasteiger partial charge on any atom is -0.489 e. The van der Waals surface area contributed by atoms with Crippen molar-refractivity contribution >= 4 is 0 Å². The third-order valence-electron chi connectivity index (χ3n) is 6.72. The number of hydrogen-bond donors (Lipinski definition) is 0. The summed E-state index contributed by atoms with van der Waals surface area (Å²) in [6.07, 6.45) is 3.51. The number of halogens is 3. The van der Waals surface area contributed by atoms with Gasteiger partial charge in [-0.3, -0.25) is 0 Å². The van der Waals surface area contributed by atoms with Gasteiger partial charge in [0.2, 0.25) is 0 Å². The van der Waals surface area contributed by atoms with Crippen molar-refractivity contribution in [2.45, 2.75) is 57.8 Å². The molecule has 0 aromatic heterocycles. The number of hydrogen-bond acceptors (Lipinski definition) is 3. The largest absolute Gasteiger partial charge is 0.489 e. The first-order valence-corrected chi connectivity index (χ1v) is 12.1. The molecule has 1 aliphatic rings. The molecule has 0 atom stereocenters. The Morgan fingerprint density at radius 3 is 2.23 bits per heavy atom. The molecule has 186 valence electrons. The van der Waals surface area contributed by atoms with Gasteiger partial charge in [0, 0.05) is 30.9 Å². The van der Waals surface area contributed by atoms with Crippen LogP contribution in [0.25, 0.3) is 11.1 Å². The highest BCUT2D eigenvalue weighted by molar-refractivity contribution is 5.65. The van der Waals surface area contributed by atoms with Crippen LogP contribution >= 0.6 is 0 Å². The summed E-state index contributed by atoms with van der Waals surface area (Å²) in [6.45, 7) is 2.82. The summed E-state index contributed by atoms with van der Waals surface area (Å²) >= 11 is 0. The van der Waals surface area contributed by atoms with Gasteiger partial charge in [-0.25, -0.2) is 13.2 Å². The molecular weight excluding hydrogens is 453 g/mol. The fourth-order valence-corrected chi connectivity index (χ4v) is 4.61. The second kappa shape index (κ2) is 11.7. The Hall–Kier alpha value is -2.83. The maximum absolute atomic E-state index is 15.0. The molecule has 0 amide bonds. The zero-order chi connectivity index (χ0) is 24.8. The second-order valence-corrected chi connectivity index (χ2v) is 8.92. The zero-order valence-electron chi connectivity index (χ0n) is 20.2. The molecule has 0 radical (unpaired) electrons. The van der Waals surface area contributed by atoms with Crippen molar-refractivity contribution in [2.24, 2.45) is 0 Å². The van der Waals surface area contributed by atoms with Crippen molar-refractivity contribution in [3.8, 4) is 16.9 Å². The smallest absolute Gasteiger partial charge is 0.166 e. The van der Waals surface area contributed by atoms with E-state index in [1.165, 1.54) is 6.07 Å². The fourth-order valence-electron chi connectivity index (χ4n) is 4.61. The van der Waals surface area contributed by atoms with Gasteiger partial charge in [0.15, 0.2) is 11.6 Å². The van der Waals surface area contributed by atoms with E-state index >= 15 is 0 Å². The van der Waals surface area contributed by atoms with Crippen molar-refractivity contribution in [3.05, 3.63) is 88.7 Å². The van der Waals surface area contributed by atoms with Crippen molar-refractivity contribution < 1.29 is 27.4 Å². The molecule has 1 aliphatic carbocycles. The monoisotopic (exact) mass is 484 g/mol. The van der Waals surface area contributed by atoms with Crippen molar-refractivity contribution in [1.29, 1.82) is 0 Å². The number of methoxy groups -OCH3 is 1. The SMILES string of the molecule is CCOCc1ccc(OCc2ccc(-c3ccc(C4CCC(OC)CC4)c(F)c3F)cc2)cc1F. The lowest BCUT2D eigenvalue weighted by atomic mass is 9.82. The van der Waals surface area contributed by atoms with Crippen LogP contribution in [0.1, 0.15) is 55.2 Å². The Labute approximate surface area is 204 Å². The van der Waals surface area contributed by atoms with Crippen LogP contribution in [0.15, 0.2) is 54.6 Å². The summed E-state index contributed by atoms with van der Waals surface area (Å²) in [6, 6.07) is 15.1. The van der Waals surface area contributed by atoms with Crippen molar-refractivity contribution in [3.63, 3.8) is 0 Å². The van der Waals surface area contributed by atoms with Gasteiger partial charge in [0.25, 0.3) is 0 Å². The Bertz CT molecular complexity index is 1120. The van der Waals surface area contributed by atoms with E-state index in [2.05, 4.69) is 0 Å². The van der Waals surface area contributed by atoms with Crippen LogP contribution in [0.3, 0.4) is 0 Å². The maximum atomic E-state index is 15.0. The summed E-state index contributed by atoms with van der Waals surface area (Å²) in [7, 11) is 1.69. The summed E-state index contributed by atoms with van der Waals surface area (Å²) in [5.41, 5.74) is 2.58. The van der Waals surface area contributed by atoms with E-state index in [9.17, 15) is 13.2 Å². The predicted molar refractivity (Wildman–Crippen MR) is 130 cm³/mol. The van der Waals surface area contributed by atoms with Crippen LogP contribution in [-0.4, -0.2) is 19.8 Å². The minimum atomic E-state index is -0.817. The number of rotatable bonds is 9. The van der Waals surface area contributed by atoms with E-state index in [4.69, 9.17) is 14.2 Å². The highest BCUT2D eigenvalue weighted by atomic mass is 19.2. The molecule has 3 aromatic carbocycles. The molecule has 6 heteroatoms. The van der Waals surface area contributed by atoms with Crippen LogP contribution < -0.4 is 4.74 Å². The topological polar surface area (TPSA) is 27.7 Å². The van der Waals surface area contributed by atoms with Gasteiger partial charge in [-0.1, -0.05) is 42.5 Å². The average molecular weight is 485 g/mol. The number of benzene rings is 3. The lowest BCUT2D eigenvalue weighted by Crippen LogP contribution is -2.20. The van der Waals surface area contributed by atoms with Crippen LogP contribution in [0.4, 0.5) is 13.2 Å². The minimum absolute atomic E-state index is 0.0162. The Kier molecular flexibility index (Phi) is 8.47. The standard InChI is InChI=1S/C29H31F3O3/c1-3-34-18-22-10-13-24(16-27(22)30)35-17-19-4-6-20(7-5-19)25-14-15-26(29(32)28(25)31)21-8-11-23(33-2)12-9-21/h4-7,10,13-16,21,23H,3,8-9,11-12,17-18H2,1-2H3. The molecule has 0 bridgehead atoms. The lowest BCUT2D eigenvalue weighted by molar-refractivity contribution is 0.0655. The molecule has 4 rings (SSSR count). The summed E-state index contributed by atoms with van der Waals surface area (Å²) < 4.78 is 60.4. The van der Waals surface area contributed by atoms with E-state index in [-0.39, 0.29) is 36.6 Å². The van der Waals surface area contributed by atoms with E-state index in [1.54, 1.807) is 55.6 Å². The molecule has 0 aliphatic heterocycles. The van der Waals surface area contributed by atoms with E-state index < -0.39 is 11.6 Å². The van der Waals surface area contributed by atoms with E-state index in [0.717, 1.165) is 31.2 Å². The Balaban J connectivity index is 1.40. The van der Waals surface area contributed by atoms with Crippen LogP contribution in [0.2, 0.25) is 0 Å². The van der Waals surface area contributed by atoms with Gasteiger partial charge < -0.3 is 14.2 Å². The quantitative estimate of drug-likeness (QED) is 0.314. The van der Waals surface area contributed by atoms with Crippen LogP contribution in [0, 0.1) is 17.5 Å². The third kappa shape index (κ3) is 6.06. The molecular formula is C29H31F3O3. The van der Waals surface area contributed by atoms with Crippen LogP contribution in [-0.2, 0) is 22.7 Å². The fraction of sp³-hybridized carbons (Fsp3) is 0.379. The Morgan fingerprint density at radius 2 is 1.57 bits per heavy atom. The van der Waals surface area contributed by atoms with Gasteiger partial charge in [0.1, 0.15) is 18.2 Å². The highest BCUT2D eigenvalue weighted by Crippen LogP contribution is 2.37. The average Bonchev–Trinajstić information content (AvgIpc) is 2.89. The molecule has 0 spiro atoms. The molecule has 0 unspecified atom stereocenters. The van der Waals surface area contributed by atoms with Crippen molar-refractivity contribution in [1.82, 2.24) is 0 Å². The van der Waals surface area contributed by atoms with E-state index in [0.29, 0.717) is 29.0 Å². The maximum Gasteiger partial charge on any atom is 0.166 e. The van der Waals surface area contributed by atoms with Gasteiger partial charge in [-0.15, -0.1) is 0 Å². The first kappa shape index (κ1) is 25.3. The van der Waals surface area contributed by atoms with Crippen LogP contribution in [0.5, 0.6) is 5.75 Å². The molecule has 0 saturated heterocycles. The molecule has 3 nitrogen and oxygen atoms in total. The molecule has 3 aromatic rings. The first-order chi connectivity index (χ1) is 17.0. The lowest BCUT2D eigenvalue weighted by Gasteiger charge is -2.28. The number of ether oxygens (including phenoxy) is 3.